The van der Waals surface area contributed by atoms with E-state index in [0.717, 1.165) is 0 Å². The Kier molecular flexibility index (Phi) is 6.27. The van der Waals surface area contributed by atoms with E-state index < -0.39 is 0 Å². The number of hydrogen-bond donors (Lipinski definition) is 1. The van der Waals surface area contributed by atoms with E-state index in [2.05, 4.69) is 41.2 Å². The molecule has 0 radical (unpaired) electrons. The van der Waals surface area contributed by atoms with E-state index in [-0.39, 0.29) is 0 Å². The van der Waals surface area contributed by atoms with Crippen molar-refractivity contribution < 1.29 is 0 Å². The molecule has 1 aliphatic heterocycles. The molecular formula is C16H34N4. The van der Waals surface area contributed by atoms with Crippen molar-refractivity contribution in [1.82, 2.24) is 20.0 Å². The topological polar surface area (TPSA) is 21.8 Å². The predicted molar refractivity (Wildman–Crippen MR) is 86.3 cm³/mol. The van der Waals surface area contributed by atoms with Crippen LogP contribution in [0.25, 0.3) is 0 Å². The average molecular weight is 282 g/mol. The van der Waals surface area contributed by atoms with Gasteiger partial charge in [-0.15, -0.1) is 0 Å². The molecule has 2 fully saturated rings. The van der Waals surface area contributed by atoms with Gasteiger partial charge in [-0.05, 0) is 39.4 Å². The van der Waals surface area contributed by atoms with Crippen LogP contribution < -0.4 is 5.32 Å². The van der Waals surface area contributed by atoms with Crippen molar-refractivity contribution >= 4 is 0 Å². The summed E-state index contributed by atoms with van der Waals surface area (Å²) < 4.78 is 0. The number of hydrogen-bond acceptors (Lipinski definition) is 4. The van der Waals surface area contributed by atoms with Crippen molar-refractivity contribution in [1.29, 1.82) is 0 Å². The Hall–Kier alpha value is -0.160. The molecule has 118 valence electrons. The molecule has 4 heteroatoms. The zero-order chi connectivity index (χ0) is 14.4. The van der Waals surface area contributed by atoms with Crippen molar-refractivity contribution in [2.45, 2.75) is 25.7 Å². The molecule has 4 nitrogen and oxygen atoms in total. The van der Waals surface area contributed by atoms with Crippen LogP contribution in [0.4, 0.5) is 0 Å². The molecule has 0 aromatic rings. The van der Waals surface area contributed by atoms with Gasteiger partial charge in [-0.1, -0.05) is 12.8 Å². The minimum atomic E-state index is 0.570. The smallest absolute Gasteiger partial charge is 0.0110 e. The summed E-state index contributed by atoms with van der Waals surface area (Å²) in [5, 5.41) is 3.44. The highest BCUT2D eigenvalue weighted by Gasteiger charge is 2.35. The second-order valence-electron chi connectivity index (χ2n) is 7.16. The van der Waals surface area contributed by atoms with Gasteiger partial charge in [-0.25, -0.2) is 0 Å². The molecule has 0 bridgehead atoms. The molecular weight excluding hydrogens is 248 g/mol. The van der Waals surface area contributed by atoms with Crippen LogP contribution in [0.3, 0.4) is 0 Å². The number of likely N-dealkylation sites (N-methyl/N-ethyl adjacent to an activating group) is 1. The van der Waals surface area contributed by atoms with E-state index in [1.807, 2.05) is 0 Å². The van der Waals surface area contributed by atoms with Gasteiger partial charge in [0.2, 0.25) is 0 Å². The highest BCUT2D eigenvalue weighted by molar-refractivity contribution is 4.90. The summed E-state index contributed by atoms with van der Waals surface area (Å²) >= 11 is 0. The summed E-state index contributed by atoms with van der Waals surface area (Å²) in [7, 11) is 6.44. The van der Waals surface area contributed by atoms with Crippen molar-refractivity contribution in [2.75, 3.05) is 73.5 Å². The Balaban J connectivity index is 1.73. The van der Waals surface area contributed by atoms with Crippen molar-refractivity contribution in [3.05, 3.63) is 0 Å². The van der Waals surface area contributed by atoms with Gasteiger partial charge < -0.3 is 15.1 Å². The van der Waals surface area contributed by atoms with Crippen LogP contribution >= 0.6 is 0 Å². The maximum Gasteiger partial charge on any atom is 0.0110 e. The second-order valence-corrected chi connectivity index (χ2v) is 7.16. The first-order chi connectivity index (χ1) is 9.63. The number of piperazine rings is 1. The first kappa shape index (κ1) is 16.2. The van der Waals surface area contributed by atoms with Crippen molar-refractivity contribution in [2.24, 2.45) is 5.41 Å². The van der Waals surface area contributed by atoms with E-state index in [1.165, 1.54) is 78.0 Å². The van der Waals surface area contributed by atoms with Gasteiger partial charge in [0.15, 0.2) is 0 Å². The number of nitrogens with zero attached hydrogens (tertiary/aromatic N) is 3. The molecule has 1 saturated heterocycles. The van der Waals surface area contributed by atoms with Gasteiger partial charge in [0.05, 0.1) is 0 Å². The summed E-state index contributed by atoms with van der Waals surface area (Å²) in [5.74, 6) is 0. The molecule has 2 rings (SSSR count). The number of nitrogens with one attached hydrogen (secondary N) is 1. The predicted octanol–water partition coefficient (Wildman–Crippen LogP) is 0.945. The third kappa shape index (κ3) is 4.69. The van der Waals surface area contributed by atoms with Gasteiger partial charge in [-0.2, -0.15) is 0 Å². The Morgan fingerprint density at radius 1 is 1.00 bits per heavy atom. The van der Waals surface area contributed by atoms with Crippen LogP contribution in [0.2, 0.25) is 0 Å². The maximum absolute atomic E-state index is 3.44. The first-order valence-electron chi connectivity index (χ1n) is 8.38. The van der Waals surface area contributed by atoms with Crippen LogP contribution in [-0.4, -0.2) is 88.2 Å². The molecule has 0 aromatic carbocycles. The largest absolute Gasteiger partial charge is 0.319 e. The zero-order valence-corrected chi connectivity index (χ0v) is 13.8. The van der Waals surface area contributed by atoms with E-state index in [0.29, 0.717) is 5.41 Å². The molecule has 0 atom stereocenters. The third-order valence-corrected chi connectivity index (χ3v) is 5.10. The molecule has 0 amide bonds. The van der Waals surface area contributed by atoms with E-state index in [1.54, 1.807) is 0 Å². The van der Waals surface area contributed by atoms with E-state index >= 15 is 0 Å². The zero-order valence-electron chi connectivity index (χ0n) is 13.8. The van der Waals surface area contributed by atoms with Crippen LogP contribution in [-0.2, 0) is 0 Å². The lowest BCUT2D eigenvalue weighted by Gasteiger charge is -2.40. The summed E-state index contributed by atoms with van der Waals surface area (Å²) in [5.41, 5.74) is 0.570. The van der Waals surface area contributed by atoms with Gasteiger partial charge >= 0.3 is 0 Å². The average Bonchev–Trinajstić information content (AvgIpc) is 2.87. The van der Waals surface area contributed by atoms with Gasteiger partial charge in [0.1, 0.15) is 0 Å². The fraction of sp³-hybridized carbons (Fsp3) is 1.00. The van der Waals surface area contributed by atoms with Gasteiger partial charge in [0.25, 0.3) is 0 Å². The quantitative estimate of drug-likeness (QED) is 0.750. The summed E-state index contributed by atoms with van der Waals surface area (Å²) in [4.78, 5) is 7.62. The van der Waals surface area contributed by atoms with Gasteiger partial charge in [0, 0.05) is 52.4 Å². The van der Waals surface area contributed by atoms with Crippen LogP contribution in [0.5, 0.6) is 0 Å². The second kappa shape index (κ2) is 7.74. The van der Waals surface area contributed by atoms with Crippen molar-refractivity contribution in [3.8, 4) is 0 Å². The first-order valence-corrected chi connectivity index (χ1v) is 8.38. The molecule has 20 heavy (non-hydrogen) atoms. The lowest BCUT2D eigenvalue weighted by Crippen LogP contribution is -2.51. The summed E-state index contributed by atoms with van der Waals surface area (Å²) in [6, 6.07) is 0. The fourth-order valence-electron chi connectivity index (χ4n) is 3.88. The maximum atomic E-state index is 3.44. The Labute approximate surface area is 125 Å². The normalized spacial score (nSPS) is 24.6. The minimum absolute atomic E-state index is 0.570. The molecule has 2 aliphatic rings. The molecule has 1 saturated carbocycles. The summed E-state index contributed by atoms with van der Waals surface area (Å²) in [6.07, 6.45) is 5.72. The van der Waals surface area contributed by atoms with Crippen LogP contribution in [0, 0.1) is 5.41 Å². The lowest BCUT2D eigenvalue weighted by atomic mass is 9.85. The lowest BCUT2D eigenvalue weighted by molar-refractivity contribution is 0.0828. The van der Waals surface area contributed by atoms with E-state index in [4.69, 9.17) is 0 Å². The molecule has 1 aliphatic carbocycles. The minimum Gasteiger partial charge on any atom is -0.319 e. The van der Waals surface area contributed by atoms with E-state index in [9.17, 15) is 0 Å². The van der Waals surface area contributed by atoms with Crippen LogP contribution in [0.15, 0.2) is 0 Å². The molecule has 0 aromatic heterocycles. The highest BCUT2D eigenvalue weighted by Crippen LogP contribution is 2.38. The molecule has 1 N–H and O–H groups in total. The van der Waals surface area contributed by atoms with Crippen molar-refractivity contribution in [3.63, 3.8) is 0 Å². The molecule has 1 heterocycles. The molecule has 0 spiro atoms. The monoisotopic (exact) mass is 282 g/mol. The fourth-order valence-corrected chi connectivity index (χ4v) is 3.88. The highest BCUT2D eigenvalue weighted by atomic mass is 15.3. The number of rotatable bonds is 7. The van der Waals surface area contributed by atoms with Crippen LogP contribution in [0.1, 0.15) is 25.7 Å². The summed E-state index contributed by atoms with van der Waals surface area (Å²) in [6.45, 7) is 9.96. The SMILES string of the molecule is CNCC1(CN2CCN(CCN(C)C)CC2)CCCC1. The Morgan fingerprint density at radius 3 is 2.15 bits per heavy atom. The Morgan fingerprint density at radius 2 is 1.60 bits per heavy atom. The van der Waals surface area contributed by atoms with Gasteiger partial charge in [-0.3, -0.25) is 4.90 Å². The molecule has 0 unspecified atom stereocenters. The Bertz CT molecular complexity index is 266. The standard InChI is InChI=1S/C16H34N4/c1-17-14-16(6-4-5-7-16)15-20-12-10-19(11-13-20)9-8-18(2)3/h17H,4-15H2,1-3H3. The third-order valence-electron chi connectivity index (χ3n) is 5.10.